The molecule has 0 aliphatic carbocycles. The van der Waals surface area contributed by atoms with E-state index in [1.807, 2.05) is 0 Å². The van der Waals surface area contributed by atoms with E-state index in [1.54, 1.807) is 24.3 Å². The highest BCUT2D eigenvalue weighted by molar-refractivity contribution is 7.21. The van der Waals surface area contributed by atoms with Gasteiger partial charge in [-0.1, -0.05) is 19.4 Å². The molecule has 10 nitrogen and oxygen atoms in total. The number of rotatable bonds is 9. The first-order valence-corrected chi connectivity index (χ1v) is 12.8. The molecule has 11 heteroatoms. The Kier molecular flexibility index (Phi) is 7.70. The van der Waals surface area contributed by atoms with Gasteiger partial charge in [0.15, 0.2) is 0 Å². The average Bonchev–Trinajstić information content (AvgIpc) is 3.20. The number of fused-ring (bicyclic) bond motifs is 1. The number of carbonyl (C=O) groups is 3. The summed E-state index contributed by atoms with van der Waals surface area (Å²) < 4.78 is 0. The number of primary amides is 2. The number of benzene rings is 1. The van der Waals surface area contributed by atoms with Gasteiger partial charge in [-0.25, -0.2) is 4.98 Å². The third kappa shape index (κ3) is 5.58. The maximum atomic E-state index is 12.4. The first-order chi connectivity index (χ1) is 17.3. The summed E-state index contributed by atoms with van der Waals surface area (Å²) in [6.45, 7) is 3.84. The SMILES string of the molecule is CCCc1cc(N2CCC(NCC(=O)Nc3cccc(C(N)=O)c3)CC2)nc2sc(C(N)=O)c(N)c12. The van der Waals surface area contributed by atoms with Crippen LogP contribution in [0.25, 0.3) is 10.2 Å². The maximum Gasteiger partial charge on any atom is 0.260 e. The number of carbonyl (C=O) groups excluding carboxylic acids is 3. The molecule has 0 atom stereocenters. The van der Waals surface area contributed by atoms with E-state index in [9.17, 15) is 14.4 Å². The van der Waals surface area contributed by atoms with Crippen LogP contribution in [0, 0.1) is 0 Å². The second-order valence-corrected chi connectivity index (χ2v) is 9.91. The lowest BCUT2D eigenvalue weighted by molar-refractivity contribution is -0.115. The van der Waals surface area contributed by atoms with E-state index in [0.29, 0.717) is 21.8 Å². The number of pyridine rings is 1. The molecular weight excluding hydrogens is 478 g/mol. The number of piperidine rings is 1. The molecule has 36 heavy (non-hydrogen) atoms. The van der Waals surface area contributed by atoms with E-state index < -0.39 is 11.8 Å². The fraction of sp³-hybridized carbons (Fsp3) is 0.360. The van der Waals surface area contributed by atoms with E-state index in [1.165, 1.54) is 11.3 Å². The first-order valence-electron chi connectivity index (χ1n) is 12.0. The molecule has 1 fully saturated rings. The number of aromatic nitrogens is 1. The van der Waals surface area contributed by atoms with Crippen LogP contribution in [-0.4, -0.2) is 48.4 Å². The summed E-state index contributed by atoms with van der Waals surface area (Å²) in [6, 6.07) is 8.82. The predicted octanol–water partition coefficient (Wildman–Crippen LogP) is 2.23. The standard InChI is InChI=1S/C25H31N7O3S/c1-2-4-14-12-18(31-25-20(14)21(26)22(36-25)24(28)35)32-9-7-16(8-10-32)29-13-19(33)30-17-6-3-5-15(11-17)23(27)34/h3,5-6,11-12,16,29H,2,4,7-10,13,26H2,1H3,(H2,27,34)(H2,28,35)(H,30,33). The van der Waals surface area contributed by atoms with Crippen molar-refractivity contribution < 1.29 is 14.4 Å². The number of hydrogen-bond donors (Lipinski definition) is 5. The highest BCUT2D eigenvalue weighted by Gasteiger charge is 2.24. The first kappa shape index (κ1) is 25.4. The fourth-order valence-electron chi connectivity index (χ4n) is 4.50. The topological polar surface area (TPSA) is 169 Å². The molecule has 0 saturated carbocycles. The van der Waals surface area contributed by atoms with E-state index in [0.717, 1.165) is 60.4 Å². The van der Waals surface area contributed by atoms with E-state index in [-0.39, 0.29) is 18.5 Å². The number of aryl methyl sites for hydroxylation is 1. The molecule has 0 bridgehead atoms. The van der Waals surface area contributed by atoms with E-state index in [4.69, 9.17) is 22.2 Å². The lowest BCUT2D eigenvalue weighted by Crippen LogP contribution is -2.45. The van der Waals surface area contributed by atoms with Gasteiger partial charge in [0.1, 0.15) is 15.5 Å². The van der Waals surface area contributed by atoms with Crippen molar-refractivity contribution in [3.8, 4) is 0 Å². The van der Waals surface area contributed by atoms with E-state index >= 15 is 0 Å². The lowest BCUT2D eigenvalue weighted by Gasteiger charge is -2.33. The van der Waals surface area contributed by atoms with Crippen molar-refractivity contribution in [3.05, 3.63) is 46.3 Å². The van der Waals surface area contributed by atoms with Gasteiger partial charge in [-0.2, -0.15) is 0 Å². The molecule has 1 saturated heterocycles. The predicted molar refractivity (Wildman–Crippen MR) is 143 cm³/mol. The molecule has 2 aromatic heterocycles. The quantitative estimate of drug-likeness (QED) is 0.294. The van der Waals surface area contributed by atoms with Crippen LogP contribution >= 0.6 is 11.3 Å². The number of nitrogens with zero attached hydrogens (tertiary/aromatic N) is 2. The summed E-state index contributed by atoms with van der Waals surface area (Å²) >= 11 is 1.25. The minimum atomic E-state index is -0.540. The van der Waals surface area contributed by atoms with Gasteiger partial charge in [0.2, 0.25) is 11.8 Å². The average molecular weight is 510 g/mol. The second kappa shape index (κ2) is 10.9. The molecule has 1 aliphatic heterocycles. The Morgan fingerprint density at radius 1 is 1.14 bits per heavy atom. The zero-order valence-corrected chi connectivity index (χ0v) is 21.0. The highest BCUT2D eigenvalue weighted by Crippen LogP contribution is 2.37. The number of nitrogens with one attached hydrogen (secondary N) is 2. The van der Waals surface area contributed by atoms with Crippen molar-refractivity contribution in [2.24, 2.45) is 11.5 Å². The third-order valence-corrected chi connectivity index (χ3v) is 7.43. The summed E-state index contributed by atoms with van der Waals surface area (Å²) in [5, 5.41) is 6.94. The van der Waals surface area contributed by atoms with Crippen molar-refractivity contribution >= 4 is 56.5 Å². The Balaban J connectivity index is 1.36. The molecule has 190 valence electrons. The van der Waals surface area contributed by atoms with Gasteiger partial charge in [-0.15, -0.1) is 11.3 Å². The maximum absolute atomic E-state index is 12.4. The van der Waals surface area contributed by atoms with E-state index in [2.05, 4.69) is 28.5 Å². The van der Waals surface area contributed by atoms with Gasteiger partial charge in [0.25, 0.3) is 5.91 Å². The second-order valence-electron chi connectivity index (χ2n) is 8.91. The molecule has 3 amide bonds. The summed E-state index contributed by atoms with van der Waals surface area (Å²) in [5.74, 6) is -0.386. The molecular formula is C25H31N7O3S. The van der Waals surface area contributed by atoms with Gasteiger partial charge < -0.3 is 32.7 Å². The number of anilines is 3. The number of thiophene rings is 1. The summed E-state index contributed by atoms with van der Waals surface area (Å²) in [7, 11) is 0. The Morgan fingerprint density at radius 2 is 1.89 bits per heavy atom. The van der Waals surface area contributed by atoms with Crippen LogP contribution in [0.2, 0.25) is 0 Å². The van der Waals surface area contributed by atoms with Crippen LogP contribution < -0.4 is 32.7 Å². The van der Waals surface area contributed by atoms with Crippen LogP contribution in [0.3, 0.4) is 0 Å². The van der Waals surface area contributed by atoms with Crippen molar-refractivity contribution in [1.82, 2.24) is 10.3 Å². The zero-order chi connectivity index (χ0) is 25.8. The van der Waals surface area contributed by atoms with Gasteiger partial charge in [-0.05, 0) is 49.1 Å². The monoisotopic (exact) mass is 509 g/mol. The molecule has 8 N–H and O–H groups in total. The van der Waals surface area contributed by atoms with Crippen LogP contribution in [0.15, 0.2) is 30.3 Å². The molecule has 0 radical (unpaired) electrons. The molecule has 4 rings (SSSR count). The lowest BCUT2D eigenvalue weighted by atomic mass is 10.0. The Hall–Kier alpha value is -3.70. The minimum absolute atomic E-state index is 0.167. The largest absolute Gasteiger partial charge is 0.397 e. The minimum Gasteiger partial charge on any atom is -0.397 e. The molecule has 3 heterocycles. The molecule has 0 unspecified atom stereocenters. The smallest absolute Gasteiger partial charge is 0.260 e. The van der Waals surface area contributed by atoms with Crippen molar-refractivity contribution in [3.63, 3.8) is 0 Å². The van der Waals surface area contributed by atoms with Gasteiger partial charge >= 0.3 is 0 Å². The van der Waals surface area contributed by atoms with Gasteiger partial charge in [-0.3, -0.25) is 14.4 Å². The Labute approximate surface area is 213 Å². The molecule has 1 aliphatic rings. The van der Waals surface area contributed by atoms with Crippen molar-refractivity contribution in [2.75, 3.05) is 35.6 Å². The number of nitrogen functional groups attached to an aromatic ring is 1. The van der Waals surface area contributed by atoms with Crippen molar-refractivity contribution in [1.29, 1.82) is 0 Å². The van der Waals surface area contributed by atoms with Gasteiger partial charge in [0, 0.05) is 35.8 Å². The molecule has 3 aromatic rings. The van der Waals surface area contributed by atoms with Gasteiger partial charge in [0.05, 0.1) is 12.2 Å². The fourth-order valence-corrected chi connectivity index (χ4v) is 5.49. The Bertz CT molecular complexity index is 1300. The van der Waals surface area contributed by atoms with Crippen LogP contribution in [0.5, 0.6) is 0 Å². The summed E-state index contributed by atoms with van der Waals surface area (Å²) in [5.41, 5.74) is 19.4. The Morgan fingerprint density at radius 3 is 2.56 bits per heavy atom. The number of amides is 3. The summed E-state index contributed by atoms with van der Waals surface area (Å²) in [6.07, 6.45) is 3.49. The highest BCUT2D eigenvalue weighted by atomic mass is 32.1. The molecule has 0 spiro atoms. The van der Waals surface area contributed by atoms with Crippen molar-refractivity contribution in [2.45, 2.75) is 38.6 Å². The van der Waals surface area contributed by atoms with Crippen LogP contribution in [0.1, 0.15) is 51.8 Å². The number of nitrogens with two attached hydrogens (primary N) is 3. The van der Waals surface area contributed by atoms with Crippen LogP contribution in [-0.2, 0) is 11.2 Å². The third-order valence-electron chi connectivity index (χ3n) is 6.31. The zero-order valence-electron chi connectivity index (χ0n) is 20.2. The molecule has 1 aromatic carbocycles. The van der Waals surface area contributed by atoms with Crippen LogP contribution in [0.4, 0.5) is 17.2 Å². The normalized spacial score (nSPS) is 14.2. The summed E-state index contributed by atoms with van der Waals surface area (Å²) in [4.78, 5) is 43.6. The number of hydrogen-bond acceptors (Lipinski definition) is 8.